The summed E-state index contributed by atoms with van der Waals surface area (Å²) in [5.74, 6) is 2.65. The number of hydrogen-bond donors (Lipinski definition) is 0. The van der Waals surface area contributed by atoms with Gasteiger partial charge in [0, 0.05) is 6.54 Å². The predicted molar refractivity (Wildman–Crippen MR) is 84.8 cm³/mol. The molecule has 2 aliphatic carbocycles. The second kappa shape index (κ2) is 6.22. The number of nitrogens with zero attached hydrogens (tertiary/aromatic N) is 1. The molecule has 1 amide bonds. The molecule has 112 valence electrons. The highest BCUT2D eigenvalue weighted by atomic mass is 16.6. The van der Waals surface area contributed by atoms with Gasteiger partial charge in [0.15, 0.2) is 0 Å². The lowest BCUT2D eigenvalue weighted by atomic mass is 9.95. The summed E-state index contributed by atoms with van der Waals surface area (Å²) >= 11 is 0. The first-order chi connectivity index (χ1) is 9.90. The van der Waals surface area contributed by atoms with Crippen molar-refractivity contribution >= 4 is 6.09 Å². The number of fused-ring (bicyclic) bond motifs is 1. The van der Waals surface area contributed by atoms with Crippen LogP contribution < -0.4 is 0 Å². The lowest BCUT2D eigenvalue weighted by molar-refractivity contribution is 0.0158. The highest BCUT2D eigenvalue weighted by molar-refractivity contribution is 5.75. The molecular formula is C18H23NO2. The lowest BCUT2D eigenvalue weighted by Crippen LogP contribution is -2.45. The summed E-state index contributed by atoms with van der Waals surface area (Å²) in [6.07, 6.45) is 8.10. The zero-order chi connectivity index (χ0) is 15.5. The minimum Gasteiger partial charge on any atom is -0.444 e. The second-order valence-electron chi connectivity index (χ2n) is 6.43. The molecular weight excluding hydrogens is 262 g/mol. The van der Waals surface area contributed by atoms with Crippen molar-refractivity contribution in [1.29, 1.82) is 0 Å². The van der Waals surface area contributed by atoms with Crippen LogP contribution in [0.5, 0.6) is 0 Å². The molecule has 1 saturated heterocycles. The van der Waals surface area contributed by atoms with E-state index in [0.717, 1.165) is 19.3 Å². The van der Waals surface area contributed by atoms with Gasteiger partial charge in [0.25, 0.3) is 0 Å². The molecule has 21 heavy (non-hydrogen) atoms. The van der Waals surface area contributed by atoms with Gasteiger partial charge in [0.1, 0.15) is 5.60 Å². The molecule has 3 nitrogen and oxygen atoms in total. The van der Waals surface area contributed by atoms with Crippen LogP contribution in [0.25, 0.3) is 11.1 Å². The van der Waals surface area contributed by atoms with Crippen molar-refractivity contribution in [2.24, 2.45) is 0 Å². The van der Waals surface area contributed by atoms with E-state index in [-0.39, 0.29) is 12.1 Å². The Morgan fingerprint density at radius 1 is 1.24 bits per heavy atom. The van der Waals surface area contributed by atoms with Gasteiger partial charge in [-0.3, -0.25) is 4.90 Å². The maximum Gasteiger partial charge on any atom is 0.411 e. The number of rotatable bonds is 0. The van der Waals surface area contributed by atoms with Crippen molar-refractivity contribution in [3.8, 4) is 23.5 Å². The van der Waals surface area contributed by atoms with E-state index in [2.05, 4.69) is 30.2 Å². The standard InChI is InChI=1S/C12H19NO2.C6H4/c1-5-10-8-6-7-9-13(10)11(14)15-12(2,3)4;1-2-6-4-3-5(1)6/h1,10H,6-9H2,2-4H3;1-4H. The van der Waals surface area contributed by atoms with E-state index in [1.165, 1.54) is 11.1 Å². The Balaban J connectivity index is 0.000000218. The van der Waals surface area contributed by atoms with Crippen LogP contribution in [0, 0.1) is 12.3 Å². The van der Waals surface area contributed by atoms with Gasteiger partial charge in [-0.25, -0.2) is 4.79 Å². The Hall–Kier alpha value is -1.95. The fourth-order valence-corrected chi connectivity index (χ4v) is 2.31. The van der Waals surface area contributed by atoms with Crippen LogP contribution in [0.2, 0.25) is 0 Å². The molecule has 0 aromatic rings. The molecule has 1 unspecified atom stereocenters. The molecule has 0 aromatic carbocycles. The molecule has 0 radical (unpaired) electrons. The van der Waals surface area contributed by atoms with Crippen molar-refractivity contribution in [1.82, 2.24) is 4.90 Å². The highest BCUT2D eigenvalue weighted by Crippen LogP contribution is 2.29. The number of terminal acetylenes is 1. The van der Waals surface area contributed by atoms with Crippen LogP contribution in [0.15, 0.2) is 24.3 Å². The monoisotopic (exact) mass is 285 g/mol. The lowest BCUT2D eigenvalue weighted by Gasteiger charge is -2.34. The fourth-order valence-electron chi connectivity index (χ4n) is 2.31. The van der Waals surface area contributed by atoms with Crippen LogP contribution in [0.4, 0.5) is 4.79 Å². The minimum atomic E-state index is -0.451. The minimum absolute atomic E-state index is 0.0893. The van der Waals surface area contributed by atoms with Crippen LogP contribution in [-0.2, 0) is 4.74 Å². The summed E-state index contributed by atoms with van der Waals surface area (Å²) in [7, 11) is 0. The van der Waals surface area contributed by atoms with E-state index in [1.807, 2.05) is 20.8 Å². The summed E-state index contributed by atoms with van der Waals surface area (Å²) in [5, 5.41) is 0. The van der Waals surface area contributed by atoms with Crippen LogP contribution in [-0.4, -0.2) is 29.2 Å². The quantitative estimate of drug-likeness (QED) is 0.683. The Labute approximate surface area is 127 Å². The van der Waals surface area contributed by atoms with Gasteiger partial charge in [-0.15, -0.1) is 6.42 Å². The molecule has 0 saturated carbocycles. The number of carbonyl (C=O) groups excluding carboxylic acids is 1. The number of amides is 1. The zero-order valence-electron chi connectivity index (χ0n) is 13.1. The van der Waals surface area contributed by atoms with Gasteiger partial charge < -0.3 is 4.74 Å². The van der Waals surface area contributed by atoms with E-state index in [4.69, 9.17) is 11.2 Å². The largest absolute Gasteiger partial charge is 0.444 e. The van der Waals surface area contributed by atoms with Gasteiger partial charge in [0.05, 0.1) is 6.04 Å². The maximum absolute atomic E-state index is 11.8. The van der Waals surface area contributed by atoms with Crippen LogP contribution in [0.3, 0.4) is 0 Å². The molecule has 1 fully saturated rings. The third-order valence-corrected chi connectivity index (χ3v) is 3.54. The fraction of sp³-hybridized carbons (Fsp3) is 0.500. The summed E-state index contributed by atoms with van der Waals surface area (Å²) in [4.78, 5) is 13.5. The Morgan fingerprint density at radius 3 is 2.19 bits per heavy atom. The normalized spacial score (nSPS) is 19.0. The third kappa shape index (κ3) is 4.01. The summed E-state index contributed by atoms with van der Waals surface area (Å²) in [6.45, 7) is 6.29. The predicted octanol–water partition coefficient (Wildman–Crippen LogP) is 4.08. The molecule has 3 aliphatic rings. The Bertz CT molecular complexity index is 513. The van der Waals surface area contributed by atoms with Gasteiger partial charge in [-0.05, 0) is 51.2 Å². The van der Waals surface area contributed by atoms with Crippen molar-refractivity contribution in [2.45, 2.75) is 51.7 Å². The molecule has 1 atom stereocenters. The first-order valence-corrected chi connectivity index (χ1v) is 7.47. The van der Waals surface area contributed by atoms with E-state index in [9.17, 15) is 4.79 Å². The third-order valence-electron chi connectivity index (χ3n) is 3.54. The van der Waals surface area contributed by atoms with Crippen molar-refractivity contribution in [3.05, 3.63) is 24.3 Å². The molecule has 3 heteroatoms. The zero-order valence-corrected chi connectivity index (χ0v) is 13.1. The van der Waals surface area contributed by atoms with E-state index < -0.39 is 5.60 Å². The molecule has 3 rings (SSSR count). The van der Waals surface area contributed by atoms with E-state index in [0.29, 0.717) is 6.54 Å². The molecule has 0 aromatic heterocycles. The number of piperidine rings is 1. The first-order valence-electron chi connectivity index (χ1n) is 7.47. The Kier molecular flexibility index (Phi) is 4.57. The topological polar surface area (TPSA) is 29.5 Å². The summed E-state index contributed by atoms with van der Waals surface area (Å²) in [5.41, 5.74) is 2.40. The highest BCUT2D eigenvalue weighted by Gasteiger charge is 2.29. The van der Waals surface area contributed by atoms with Gasteiger partial charge in [-0.1, -0.05) is 30.2 Å². The maximum atomic E-state index is 11.8. The van der Waals surface area contributed by atoms with Crippen molar-refractivity contribution < 1.29 is 9.53 Å². The number of hydrogen-bond acceptors (Lipinski definition) is 2. The summed E-state index contributed by atoms with van der Waals surface area (Å²) < 4.78 is 5.30. The Morgan fingerprint density at radius 2 is 1.81 bits per heavy atom. The van der Waals surface area contributed by atoms with Crippen LogP contribution in [0.1, 0.15) is 40.0 Å². The molecule has 1 aliphatic heterocycles. The van der Waals surface area contributed by atoms with Gasteiger partial charge in [0.2, 0.25) is 0 Å². The molecule has 0 bridgehead atoms. The van der Waals surface area contributed by atoms with E-state index >= 15 is 0 Å². The number of likely N-dealkylation sites (tertiary alicyclic amines) is 1. The van der Waals surface area contributed by atoms with Gasteiger partial charge in [-0.2, -0.15) is 0 Å². The number of ether oxygens (including phenoxy) is 1. The first kappa shape index (κ1) is 15.4. The average molecular weight is 285 g/mol. The molecule has 0 spiro atoms. The van der Waals surface area contributed by atoms with E-state index in [1.54, 1.807) is 4.90 Å². The molecule has 0 N–H and O–H groups in total. The smallest absolute Gasteiger partial charge is 0.411 e. The van der Waals surface area contributed by atoms with Crippen molar-refractivity contribution in [3.63, 3.8) is 0 Å². The average Bonchev–Trinajstić information content (AvgIpc) is 2.41. The van der Waals surface area contributed by atoms with Crippen molar-refractivity contribution in [2.75, 3.05) is 6.54 Å². The molecule has 1 heterocycles. The summed E-state index contributed by atoms with van der Waals surface area (Å²) in [6, 6.07) is 8.39. The number of carbonyl (C=O) groups is 1. The van der Waals surface area contributed by atoms with Crippen LogP contribution >= 0.6 is 0 Å². The second-order valence-corrected chi connectivity index (χ2v) is 6.43. The number of benzene rings is 1. The SMILES string of the molecule is C#CC1CCCCN1C(=O)OC(C)(C)C.c1cc2ccc1-2. The van der Waals surface area contributed by atoms with Gasteiger partial charge >= 0.3 is 6.09 Å².